The predicted octanol–water partition coefficient (Wildman–Crippen LogP) is 0.709. The van der Waals surface area contributed by atoms with E-state index in [1.165, 1.54) is 0 Å². The maximum absolute atomic E-state index is 3.76. The van der Waals surface area contributed by atoms with Crippen LogP contribution in [0.25, 0.3) is 0 Å². The number of nitrogens with one attached hydrogen (secondary N) is 1. The number of nitrogens with zero attached hydrogens (tertiary/aromatic N) is 1. The lowest BCUT2D eigenvalue weighted by atomic mass is 10.6. The van der Waals surface area contributed by atoms with Crippen LogP contribution in [0.5, 0.6) is 0 Å². The second kappa shape index (κ2) is 3.87. The van der Waals surface area contributed by atoms with E-state index in [9.17, 15) is 0 Å². The lowest BCUT2D eigenvalue weighted by Gasteiger charge is -1.93. The molecule has 0 radical (unpaired) electrons. The Hall–Kier alpha value is -0.310. The molecule has 0 saturated heterocycles. The third kappa shape index (κ3) is 2.39. The predicted molar refractivity (Wildman–Crippen MR) is 36.0 cm³/mol. The molecule has 1 aliphatic heterocycles. The summed E-state index contributed by atoms with van der Waals surface area (Å²) in [7, 11) is 0. The summed E-state index contributed by atoms with van der Waals surface area (Å²) in [5.74, 6) is 0. The molecule has 1 rings (SSSR count). The minimum Gasteiger partial charge on any atom is -0.373 e. The molecule has 1 heterocycles. The monoisotopic (exact) mass is 162 g/mol. The van der Waals surface area contributed by atoms with Crippen LogP contribution in [0.2, 0.25) is 0 Å². The van der Waals surface area contributed by atoms with E-state index in [0.29, 0.717) is 0 Å². The molecular formula is C4H7BrN2. The van der Waals surface area contributed by atoms with Crippen LogP contribution in [0.15, 0.2) is 17.3 Å². The molecule has 0 aromatic carbocycles. The maximum atomic E-state index is 3.76. The summed E-state index contributed by atoms with van der Waals surface area (Å²) in [6.07, 6.45) is 5.41. The largest absolute Gasteiger partial charge is 0.373 e. The highest BCUT2D eigenvalue weighted by molar-refractivity contribution is 8.93. The highest BCUT2D eigenvalue weighted by Gasteiger charge is 1.74. The Morgan fingerprint density at radius 2 is 2.43 bits per heavy atom. The van der Waals surface area contributed by atoms with Gasteiger partial charge in [-0.25, -0.2) is 4.99 Å². The Morgan fingerprint density at radius 3 is 2.57 bits per heavy atom. The second-order valence-electron chi connectivity index (χ2n) is 1.07. The molecule has 1 aliphatic rings. The van der Waals surface area contributed by atoms with Gasteiger partial charge >= 0.3 is 0 Å². The Morgan fingerprint density at radius 1 is 1.57 bits per heavy atom. The van der Waals surface area contributed by atoms with Gasteiger partial charge in [-0.15, -0.1) is 17.0 Å². The van der Waals surface area contributed by atoms with Gasteiger partial charge in [0.05, 0.1) is 6.34 Å². The standard InChI is InChI=1S/C4H6N2.BrH/c1-2-5-4-6-3-1;/h1-2,4H,3H2,(H,5,6);1H. The first-order chi connectivity index (χ1) is 3.00. The SMILES string of the molecule is Br.C1=CN=CNC1. The average molecular weight is 163 g/mol. The highest BCUT2D eigenvalue weighted by Crippen LogP contribution is 1.74. The quantitative estimate of drug-likeness (QED) is 0.558. The maximum Gasteiger partial charge on any atom is 0.0881 e. The molecule has 0 amide bonds. The lowest BCUT2D eigenvalue weighted by Crippen LogP contribution is -2.11. The molecule has 0 saturated carbocycles. The van der Waals surface area contributed by atoms with E-state index in [2.05, 4.69) is 10.3 Å². The van der Waals surface area contributed by atoms with Crippen LogP contribution in [-0.2, 0) is 0 Å². The zero-order chi connectivity index (χ0) is 4.24. The van der Waals surface area contributed by atoms with Crippen LogP contribution in [0.1, 0.15) is 0 Å². The zero-order valence-corrected chi connectivity index (χ0v) is 5.51. The van der Waals surface area contributed by atoms with E-state index in [4.69, 9.17) is 0 Å². The Balaban J connectivity index is 0.000000360. The van der Waals surface area contributed by atoms with E-state index in [-0.39, 0.29) is 17.0 Å². The van der Waals surface area contributed by atoms with Gasteiger partial charge in [0.25, 0.3) is 0 Å². The second-order valence-corrected chi connectivity index (χ2v) is 1.07. The van der Waals surface area contributed by atoms with Crippen molar-refractivity contribution in [3.05, 3.63) is 12.3 Å². The van der Waals surface area contributed by atoms with E-state index in [0.717, 1.165) is 6.54 Å². The van der Waals surface area contributed by atoms with Crippen LogP contribution in [-0.4, -0.2) is 12.9 Å². The van der Waals surface area contributed by atoms with Crippen LogP contribution < -0.4 is 5.32 Å². The average Bonchev–Trinajstić information content (AvgIpc) is 1.72. The number of aliphatic imine (C=N–C) groups is 1. The van der Waals surface area contributed by atoms with Crippen molar-refractivity contribution in [3.63, 3.8) is 0 Å². The summed E-state index contributed by atoms with van der Waals surface area (Å²) in [6.45, 7) is 0.920. The summed E-state index contributed by atoms with van der Waals surface area (Å²) >= 11 is 0. The van der Waals surface area contributed by atoms with Crippen molar-refractivity contribution in [1.29, 1.82) is 0 Å². The van der Waals surface area contributed by atoms with Crippen LogP contribution in [0.3, 0.4) is 0 Å². The van der Waals surface area contributed by atoms with Crippen molar-refractivity contribution >= 4 is 23.3 Å². The van der Waals surface area contributed by atoms with Gasteiger partial charge in [0.2, 0.25) is 0 Å². The molecule has 1 N–H and O–H groups in total. The van der Waals surface area contributed by atoms with Crippen LogP contribution in [0.4, 0.5) is 0 Å². The molecule has 0 spiro atoms. The van der Waals surface area contributed by atoms with Gasteiger partial charge < -0.3 is 5.32 Å². The highest BCUT2D eigenvalue weighted by atomic mass is 79.9. The Bertz CT molecular complexity index is 75.7. The molecule has 0 aromatic heterocycles. The van der Waals surface area contributed by atoms with Gasteiger partial charge in [0, 0.05) is 12.7 Å². The number of hydrogen-bond donors (Lipinski definition) is 1. The first-order valence-electron chi connectivity index (χ1n) is 1.90. The van der Waals surface area contributed by atoms with Gasteiger partial charge in [-0.2, -0.15) is 0 Å². The van der Waals surface area contributed by atoms with Gasteiger partial charge in [0.15, 0.2) is 0 Å². The minimum absolute atomic E-state index is 0. The van der Waals surface area contributed by atoms with Crippen LogP contribution in [0, 0.1) is 0 Å². The third-order valence-electron chi connectivity index (χ3n) is 0.593. The van der Waals surface area contributed by atoms with Crippen molar-refractivity contribution in [2.45, 2.75) is 0 Å². The van der Waals surface area contributed by atoms with Gasteiger partial charge in [-0.05, 0) is 6.08 Å². The summed E-state index contributed by atoms with van der Waals surface area (Å²) in [5.41, 5.74) is 0. The molecular weight excluding hydrogens is 156 g/mol. The fraction of sp³-hybridized carbons (Fsp3) is 0.250. The molecule has 0 fully saturated rings. The lowest BCUT2D eigenvalue weighted by molar-refractivity contribution is 1.04. The summed E-state index contributed by atoms with van der Waals surface area (Å²) in [5, 5.41) is 2.91. The first-order valence-corrected chi connectivity index (χ1v) is 1.90. The topological polar surface area (TPSA) is 24.4 Å². The fourth-order valence-electron chi connectivity index (χ4n) is 0.330. The van der Waals surface area contributed by atoms with Crippen molar-refractivity contribution in [2.75, 3.05) is 6.54 Å². The molecule has 0 unspecified atom stereocenters. The Kier molecular flexibility index (Phi) is 3.69. The van der Waals surface area contributed by atoms with Crippen molar-refractivity contribution in [2.24, 2.45) is 4.99 Å². The van der Waals surface area contributed by atoms with Crippen LogP contribution >= 0.6 is 17.0 Å². The summed E-state index contributed by atoms with van der Waals surface area (Å²) in [4.78, 5) is 3.76. The van der Waals surface area contributed by atoms with E-state index in [1.54, 1.807) is 12.5 Å². The van der Waals surface area contributed by atoms with Gasteiger partial charge in [-0.1, -0.05) is 0 Å². The van der Waals surface area contributed by atoms with Gasteiger partial charge in [-0.3, -0.25) is 0 Å². The molecule has 2 nitrogen and oxygen atoms in total. The molecule has 40 valence electrons. The number of halogens is 1. The zero-order valence-electron chi connectivity index (χ0n) is 3.79. The molecule has 3 heteroatoms. The normalized spacial score (nSPS) is 14.9. The number of rotatable bonds is 0. The molecule has 0 aliphatic carbocycles. The summed E-state index contributed by atoms with van der Waals surface area (Å²) < 4.78 is 0. The van der Waals surface area contributed by atoms with E-state index in [1.807, 2.05) is 6.08 Å². The van der Waals surface area contributed by atoms with E-state index >= 15 is 0 Å². The van der Waals surface area contributed by atoms with Crippen molar-refractivity contribution in [1.82, 2.24) is 5.32 Å². The fourth-order valence-corrected chi connectivity index (χ4v) is 0.330. The summed E-state index contributed by atoms with van der Waals surface area (Å²) in [6, 6.07) is 0. The Labute approximate surface area is 53.1 Å². The smallest absolute Gasteiger partial charge is 0.0881 e. The van der Waals surface area contributed by atoms with Crippen molar-refractivity contribution in [3.8, 4) is 0 Å². The molecule has 0 aromatic rings. The molecule has 0 atom stereocenters. The molecule has 0 bridgehead atoms. The first kappa shape index (κ1) is 6.69. The van der Waals surface area contributed by atoms with E-state index < -0.39 is 0 Å². The number of hydrogen-bond acceptors (Lipinski definition) is 2. The van der Waals surface area contributed by atoms with Crippen molar-refractivity contribution < 1.29 is 0 Å². The van der Waals surface area contributed by atoms with Gasteiger partial charge in [0.1, 0.15) is 0 Å². The molecule has 7 heavy (non-hydrogen) atoms. The third-order valence-corrected chi connectivity index (χ3v) is 0.593. The minimum atomic E-state index is 0.